The van der Waals surface area contributed by atoms with Crippen molar-refractivity contribution in [1.82, 2.24) is 5.32 Å². The molecule has 1 aliphatic heterocycles. The highest BCUT2D eigenvalue weighted by atomic mass is 16.5. The fraction of sp³-hybridized carbons (Fsp3) is 0.667. The Kier molecular flexibility index (Phi) is 2.92. The van der Waals surface area contributed by atoms with Crippen LogP contribution in [0.2, 0.25) is 0 Å². The maximum absolute atomic E-state index is 5.41. The fourth-order valence-electron chi connectivity index (χ4n) is 2.43. The van der Waals surface area contributed by atoms with E-state index in [9.17, 15) is 0 Å². The summed E-state index contributed by atoms with van der Waals surface area (Å²) in [6, 6.07) is 0. The minimum absolute atomic E-state index is 0.647. The van der Waals surface area contributed by atoms with Crippen molar-refractivity contribution in [1.29, 1.82) is 0 Å². The first-order chi connectivity index (χ1) is 6.85. The summed E-state index contributed by atoms with van der Waals surface area (Å²) in [6.07, 6.45) is 7.07. The highest BCUT2D eigenvalue weighted by Crippen LogP contribution is 2.32. The first-order valence-corrected chi connectivity index (χ1v) is 5.52. The van der Waals surface area contributed by atoms with E-state index in [4.69, 9.17) is 4.74 Å². The lowest BCUT2D eigenvalue weighted by molar-refractivity contribution is 0.271. The average molecular weight is 193 g/mol. The summed E-state index contributed by atoms with van der Waals surface area (Å²) in [7, 11) is 1.77. The van der Waals surface area contributed by atoms with Crippen LogP contribution in [0, 0.1) is 11.8 Å². The number of fused-ring (bicyclic) bond motifs is 1. The summed E-state index contributed by atoms with van der Waals surface area (Å²) < 4.78 is 5.41. The minimum atomic E-state index is 0.647. The van der Waals surface area contributed by atoms with Gasteiger partial charge in [0.15, 0.2) is 0 Å². The van der Waals surface area contributed by atoms with E-state index in [1.54, 1.807) is 7.11 Å². The SMILES string of the molecule is CCC1=CC2CCNCC2C=C1OC. The summed E-state index contributed by atoms with van der Waals surface area (Å²) in [5.41, 5.74) is 1.38. The molecule has 78 valence electrons. The third-order valence-electron chi connectivity index (χ3n) is 3.28. The number of nitrogens with one attached hydrogen (secondary N) is 1. The smallest absolute Gasteiger partial charge is 0.118 e. The number of hydrogen-bond donors (Lipinski definition) is 1. The molecule has 0 radical (unpaired) electrons. The molecule has 0 aromatic carbocycles. The van der Waals surface area contributed by atoms with Gasteiger partial charge in [-0.25, -0.2) is 0 Å². The van der Waals surface area contributed by atoms with E-state index in [1.165, 1.54) is 12.0 Å². The molecule has 1 aliphatic carbocycles. The van der Waals surface area contributed by atoms with Crippen molar-refractivity contribution in [2.75, 3.05) is 20.2 Å². The standard InChI is InChI=1S/C12H19NO/c1-3-9-6-10-4-5-13-8-11(10)7-12(9)14-2/h6-7,10-11,13H,3-5,8H2,1-2H3. The molecule has 2 unspecified atom stereocenters. The largest absolute Gasteiger partial charge is 0.497 e. The van der Waals surface area contributed by atoms with Gasteiger partial charge in [-0.15, -0.1) is 0 Å². The van der Waals surface area contributed by atoms with Crippen molar-refractivity contribution in [3.8, 4) is 0 Å². The Labute approximate surface area is 86.0 Å². The van der Waals surface area contributed by atoms with Gasteiger partial charge in [-0.05, 0) is 42.9 Å². The molecular weight excluding hydrogens is 174 g/mol. The molecule has 1 N–H and O–H groups in total. The predicted octanol–water partition coefficient (Wildman–Crippen LogP) is 2.09. The predicted molar refractivity (Wildman–Crippen MR) is 57.9 cm³/mol. The highest BCUT2D eigenvalue weighted by molar-refractivity contribution is 5.32. The van der Waals surface area contributed by atoms with Gasteiger partial charge in [0.2, 0.25) is 0 Å². The quantitative estimate of drug-likeness (QED) is 0.725. The summed E-state index contributed by atoms with van der Waals surface area (Å²) in [5.74, 6) is 2.48. The zero-order valence-electron chi connectivity index (χ0n) is 9.05. The molecule has 0 aromatic heterocycles. The van der Waals surface area contributed by atoms with Crippen molar-refractivity contribution >= 4 is 0 Å². The molecule has 0 saturated carbocycles. The molecule has 2 rings (SSSR count). The minimum Gasteiger partial charge on any atom is -0.497 e. The number of piperidine rings is 1. The van der Waals surface area contributed by atoms with Crippen molar-refractivity contribution in [2.45, 2.75) is 19.8 Å². The molecule has 0 aromatic rings. The van der Waals surface area contributed by atoms with Gasteiger partial charge in [0.25, 0.3) is 0 Å². The fourth-order valence-corrected chi connectivity index (χ4v) is 2.43. The van der Waals surface area contributed by atoms with E-state index in [0.717, 1.165) is 31.2 Å². The van der Waals surface area contributed by atoms with E-state index in [1.807, 2.05) is 0 Å². The highest BCUT2D eigenvalue weighted by Gasteiger charge is 2.26. The van der Waals surface area contributed by atoms with Gasteiger partial charge in [0.05, 0.1) is 7.11 Å². The second-order valence-electron chi connectivity index (χ2n) is 4.10. The van der Waals surface area contributed by atoms with Crippen LogP contribution in [0.25, 0.3) is 0 Å². The number of methoxy groups -OCH3 is 1. The van der Waals surface area contributed by atoms with Gasteiger partial charge in [0.1, 0.15) is 5.76 Å². The van der Waals surface area contributed by atoms with Crippen molar-refractivity contribution in [3.05, 3.63) is 23.5 Å². The topological polar surface area (TPSA) is 21.3 Å². The van der Waals surface area contributed by atoms with Crippen LogP contribution >= 0.6 is 0 Å². The molecule has 1 heterocycles. The molecule has 14 heavy (non-hydrogen) atoms. The second kappa shape index (κ2) is 4.18. The Morgan fingerprint density at radius 2 is 2.29 bits per heavy atom. The Morgan fingerprint density at radius 1 is 1.43 bits per heavy atom. The van der Waals surface area contributed by atoms with E-state index in [-0.39, 0.29) is 0 Å². The van der Waals surface area contributed by atoms with Crippen LogP contribution in [0.15, 0.2) is 23.5 Å². The van der Waals surface area contributed by atoms with Crippen LogP contribution < -0.4 is 5.32 Å². The van der Waals surface area contributed by atoms with Gasteiger partial charge >= 0.3 is 0 Å². The van der Waals surface area contributed by atoms with Gasteiger partial charge < -0.3 is 10.1 Å². The van der Waals surface area contributed by atoms with Crippen LogP contribution in [-0.4, -0.2) is 20.2 Å². The van der Waals surface area contributed by atoms with Crippen LogP contribution in [0.1, 0.15) is 19.8 Å². The molecule has 2 nitrogen and oxygen atoms in total. The van der Waals surface area contributed by atoms with Gasteiger partial charge in [-0.2, -0.15) is 0 Å². The van der Waals surface area contributed by atoms with Crippen LogP contribution in [0.4, 0.5) is 0 Å². The van der Waals surface area contributed by atoms with Crippen molar-refractivity contribution in [2.24, 2.45) is 11.8 Å². The first-order valence-electron chi connectivity index (χ1n) is 5.52. The molecule has 0 bridgehead atoms. The van der Waals surface area contributed by atoms with E-state index < -0.39 is 0 Å². The zero-order valence-corrected chi connectivity index (χ0v) is 9.05. The Morgan fingerprint density at radius 3 is 3.00 bits per heavy atom. The normalized spacial score (nSPS) is 31.6. The number of hydrogen-bond acceptors (Lipinski definition) is 2. The van der Waals surface area contributed by atoms with Crippen LogP contribution in [0.5, 0.6) is 0 Å². The van der Waals surface area contributed by atoms with E-state index in [2.05, 4.69) is 24.4 Å². The summed E-state index contributed by atoms with van der Waals surface area (Å²) >= 11 is 0. The third kappa shape index (κ3) is 1.71. The van der Waals surface area contributed by atoms with Crippen LogP contribution in [0.3, 0.4) is 0 Å². The van der Waals surface area contributed by atoms with Crippen molar-refractivity contribution in [3.63, 3.8) is 0 Å². The number of allylic oxidation sites excluding steroid dienone is 2. The van der Waals surface area contributed by atoms with E-state index >= 15 is 0 Å². The molecule has 2 heteroatoms. The maximum atomic E-state index is 5.41. The maximum Gasteiger partial charge on any atom is 0.118 e. The molecule has 1 fully saturated rings. The first kappa shape index (κ1) is 9.78. The van der Waals surface area contributed by atoms with Gasteiger partial charge in [-0.1, -0.05) is 13.0 Å². The van der Waals surface area contributed by atoms with Crippen molar-refractivity contribution < 1.29 is 4.74 Å². The Balaban J connectivity index is 2.19. The summed E-state index contributed by atoms with van der Waals surface area (Å²) in [5, 5.41) is 3.43. The molecule has 1 saturated heterocycles. The van der Waals surface area contributed by atoms with E-state index in [0.29, 0.717) is 5.92 Å². The summed E-state index contributed by atoms with van der Waals surface area (Å²) in [4.78, 5) is 0. The lowest BCUT2D eigenvalue weighted by Crippen LogP contribution is -2.36. The molecule has 0 spiro atoms. The van der Waals surface area contributed by atoms with Crippen LogP contribution in [-0.2, 0) is 4.74 Å². The Bertz CT molecular complexity index is 239. The lowest BCUT2D eigenvalue weighted by atomic mass is 9.80. The zero-order chi connectivity index (χ0) is 9.97. The van der Waals surface area contributed by atoms with Gasteiger partial charge in [-0.3, -0.25) is 0 Å². The molecule has 2 atom stereocenters. The lowest BCUT2D eigenvalue weighted by Gasteiger charge is -2.32. The summed E-state index contributed by atoms with van der Waals surface area (Å²) in [6.45, 7) is 4.45. The molecular formula is C12H19NO. The molecule has 0 amide bonds. The number of rotatable bonds is 2. The third-order valence-corrected chi connectivity index (χ3v) is 3.28. The second-order valence-corrected chi connectivity index (χ2v) is 4.10. The molecule has 2 aliphatic rings. The number of ether oxygens (including phenoxy) is 1. The Hall–Kier alpha value is -0.760. The monoisotopic (exact) mass is 193 g/mol. The average Bonchev–Trinajstić information content (AvgIpc) is 2.27. The van der Waals surface area contributed by atoms with Gasteiger partial charge in [0, 0.05) is 6.54 Å².